The monoisotopic (exact) mass is 473 g/mol. The van der Waals surface area contributed by atoms with Crippen molar-refractivity contribution in [2.75, 3.05) is 32.5 Å². The van der Waals surface area contributed by atoms with Crippen molar-refractivity contribution in [3.8, 4) is 0 Å². The van der Waals surface area contributed by atoms with Gasteiger partial charge in [-0.05, 0) is 44.0 Å². The maximum Gasteiger partial charge on any atom is 0.338 e. The van der Waals surface area contributed by atoms with Crippen LogP contribution < -0.4 is 5.73 Å². The van der Waals surface area contributed by atoms with Crippen molar-refractivity contribution in [2.24, 2.45) is 0 Å². The first-order chi connectivity index (χ1) is 14.3. The number of esters is 1. The fraction of sp³-hybridized carbons (Fsp3) is 0.304. The van der Waals surface area contributed by atoms with Crippen molar-refractivity contribution in [2.45, 2.75) is 20.3 Å². The molecular formula is C23H25BrFN3O2. The van der Waals surface area contributed by atoms with Crippen LogP contribution in [0.3, 0.4) is 0 Å². The molecule has 2 aromatic rings. The molecule has 7 heteroatoms. The summed E-state index contributed by atoms with van der Waals surface area (Å²) >= 11 is 3.58. The highest BCUT2D eigenvalue weighted by atomic mass is 79.9. The Morgan fingerprint density at radius 1 is 1.43 bits per heavy atom. The zero-order valence-corrected chi connectivity index (χ0v) is 18.9. The van der Waals surface area contributed by atoms with Crippen LogP contribution in [0.4, 0.5) is 10.1 Å². The van der Waals surface area contributed by atoms with Crippen LogP contribution >= 0.6 is 15.9 Å². The predicted molar refractivity (Wildman–Crippen MR) is 122 cm³/mol. The highest BCUT2D eigenvalue weighted by Crippen LogP contribution is 2.31. The molecule has 1 aromatic heterocycles. The van der Waals surface area contributed by atoms with E-state index in [0.717, 1.165) is 34.4 Å². The number of nitrogens with zero attached hydrogens (tertiary/aromatic N) is 2. The van der Waals surface area contributed by atoms with Gasteiger partial charge < -0.3 is 10.5 Å². The number of benzene rings is 1. The minimum Gasteiger partial charge on any atom is -0.465 e. The van der Waals surface area contributed by atoms with Crippen molar-refractivity contribution < 1.29 is 13.9 Å². The smallest absolute Gasteiger partial charge is 0.338 e. The van der Waals surface area contributed by atoms with Crippen molar-refractivity contribution >= 4 is 39.2 Å². The molecule has 5 nitrogen and oxygen atoms in total. The van der Waals surface area contributed by atoms with Gasteiger partial charge in [0.15, 0.2) is 0 Å². The normalized spacial score (nSPS) is 15.1. The first-order valence-corrected chi connectivity index (χ1v) is 10.5. The Morgan fingerprint density at radius 3 is 2.80 bits per heavy atom. The van der Waals surface area contributed by atoms with E-state index in [0.29, 0.717) is 18.5 Å². The van der Waals surface area contributed by atoms with Crippen LogP contribution in [0.1, 0.15) is 40.5 Å². The van der Waals surface area contributed by atoms with Crippen LogP contribution in [0.5, 0.6) is 0 Å². The molecule has 0 spiro atoms. The summed E-state index contributed by atoms with van der Waals surface area (Å²) in [5, 5.41) is 0. The molecule has 0 radical (unpaired) electrons. The Bertz CT molecular complexity index is 990. The van der Waals surface area contributed by atoms with Crippen molar-refractivity contribution in [3.05, 3.63) is 68.7 Å². The second-order valence-corrected chi connectivity index (χ2v) is 8.27. The summed E-state index contributed by atoms with van der Waals surface area (Å²) in [6.45, 7) is 6.39. The Balaban J connectivity index is 1.73. The summed E-state index contributed by atoms with van der Waals surface area (Å²) in [4.78, 5) is 18.3. The number of halogens is 2. The van der Waals surface area contributed by atoms with Gasteiger partial charge in [0.05, 0.1) is 12.7 Å². The number of methoxy groups -OCH3 is 1. The Hall–Kier alpha value is -2.51. The van der Waals surface area contributed by atoms with Gasteiger partial charge in [0, 0.05) is 52.8 Å². The van der Waals surface area contributed by atoms with E-state index in [-0.39, 0.29) is 11.3 Å². The first-order valence-electron chi connectivity index (χ1n) is 9.67. The second kappa shape index (κ2) is 9.53. The predicted octanol–water partition coefficient (Wildman–Crippen LogP) is 4.85. The van der Waals surface area contributed by atoms with Gasteiger partial charge in [0.1, 0.15) is 5.82 Å². The minimum absolute atomic E-state index is 0.118. The van der Waals surface area contributed by atoms with Gasteiger partial charge in [0.2, 0.25) is 0 Å². The lowest BCUT2D eigenvalue weighted by molar-refractivity contribution is 0.0600. The minimum atomic E-state index is -0.603. The molecular weight excluding hydrogens is 449 g/mol. The quantitative estimate of drug-likeness (QED) is 0.496. The standard InChI is InChI=1S/C23H25BrFN3O2/c1-14(10-18-15(2)27-7-4-19(18)24)13-28-8-5-16(6-9-28)22-20(25)11-17(12-21(22)26)23(29)30-3/h4-5,7,10-12H,6,8-9,13,26H2,1-3H3/b14-10+. The third kappa shape index (κ3) is 4.96. The van der Waals surface area contributed by atoms with Gasteiger partial charge >= 0.3 is 5.97 Å². The lowest BCUT2D eigenvalue weighted by atomic mass is 9.95. The third-order valence-corrected chi connectivity index (χ3v) is 5.85. The van der Waals surface area contributed by atoms with E-state index in [4.69, 9.17) is 5.73 Å². The molecule has 2 N–H and O–H groups in total. The highest BCUT2D eigenvalue weighted by Gasteiger charge is 2.20. The maximum absolute atomic E-state index is 14.7. The number of ether oxygens (including phenoxy) is 1. The molecule has 0 fully saturated rings. The molecule has 0 bridgehead atoms. The molecule has 0 atom stereocenters. The van der Waals surface area contributed by atoms with Gasteiger partial charge in [-0.1, -0.05) is 33.7 Å². The number of carbonyl (C=O) groups is 1. The molecule has 0 saturated carbocycles. The summed E-state index contributed by atoms with van der Waals surface area (Å²) in [7, 11) is 1.26. The molecule has 1 aromatic carbocycles. The number of pyridine rings is 1. The number of anilines is 1. The van der Waals surface area contributed by atoms with E-state index in [1.54, 1.807) is 6.20 Å². The van der Waals surface area contributed by atoms with Gasteiger partial charge in [0.25, 0.3) is 0 Å². The summed E-state index contributed by atoms with van der Waals surface area (Å²) < 4.78 is 20.3. The van der Waals surface area contributed by atoms with Crippen LogP contribution in [0.2, 0.25) is 0 Å². The maximum atomic E-state index is 14.7. The second-order valence-electron chi connectivity index (χ2n) is 7.41. The topological polar surface area (TPSA) is 68.5 Å². The van der Waals surface area contributed by atoms with E-state index in [1.165, 1.54) is 24.8 Å². The molecule has 0 amide bonds. The fourth-order valence-corrected chi connectivity index (χ4v) is 4.17. The van der Waals surface area contributed by atoms with Crippen molar-refractivity contribution in [1.82, 2.24) is 9.88 Å². The van der Waals surface area contributed by atoms with Gasteiger partial charge in [-0.15, -0.1) is 0 Å². The first kappa shape index (κ1) is 22.2. The average molecular weight is 474 g/mol. The zero-order valence-electron chi connectivity index (χ0n) is 17.3. The molecule has 0 unspecified atom stereocenters. The molecule has 0 saturated heterocycles. The molecule has 158 valence electrons. The van der Waals surface area contributed by atoms with E-state index in [9.17, 15) is 9.18 Å². The lowest BCUT2D eigenvalue weighted by Gasteiger charge is -2.27. The fourth-order valence-electron chi connectivity index (χ4n) is 3.65. The summed E-state index contributed by atoms with van der Waals surface area (Å²) in [6.07, 6.45) is 6.62. The Labute approximate surface area is 184 Å². The third-order valence-electron chi connectivity index (χ3n) is 5.16. The number of nitrogen functional groups attached to an aromatic ring is 1. The number of nitrogens with two attached hydrogens (primary N) is 1. The summed E-state index contributed by atoms with van der Waals surface area (Å²) in [5.41, 5.74) is 11.0. The average Bonchev–Trinajstić information content (AvgIpc) is 2.71. The molecule has 2 heterocycles. The lowest BCUT2D eigenvalue weighted by Crippen LogP contribution is -2.30. The molecule has 1 aliphatic heterocycles. The number of aryl methyl sites for hydroxylation is 1. The molecule has 30 heavy (non-hydrogen) atoms. The van der Waals surface area contributed by atoms with Gasteiger partial charge in [-0.25, -0.2) is 9.18 Å². The van der Waals surface area contributed by atoms with Crippen LogP contribution in [-0.4, -0.2) is 42.6 Å². The van der Waals surface area contributed by atoms with Crippen LogP contribution in [0.25, 0.3) is 11.6 Å². The van der Waals surface area contributed by atoms with E-state index in [1.807, 2.05) is 19.1 Å². The number of rotatable bonds is 5. The number of hydrogen-bond acceptors (Lipinski definition) is 5. The summed E-state index contributed by atoms with van der Waals surface area (Å²) in [5.74, 6) is -1.10. The zero-order chi connectivity index (χ0) is 21.8. The van der Waals surface area contributed by atoms with E-state index < -0.39 is 11.8 Å². The number of aromatic nitrogens is 1. The molecule has 3 rings (SSSR count). The van der Waals surface area contributed by atoms with Gasteiger partial charge in [-0.2, -0.15) is 0 Å². The van der Waals surface area contributed by atoms with Crippen molar-refractivity contribution in [3.63, 3.8) is 0 Å². The van der Waals surface area contributed by atoms with Crippen LogP contribution in [0.15, 0.2) is 40.5 Å². The summed E-state index contributed by atoms with van der Waals surface area (Å²) in [6, 6.07) is 4.59. The molecule has 0 aliphatic carbocycles. The Morgan fingerprint density at radius 2 is 2.20 bits per heavy atom. The van der Waals surface area contributed by atoms with Crippen LogP contribution in [0, 0.1) is 12.7 Å². The molecule has 1 aliphatic rings. The largest absolute Gasteiger partial charge is 0.465 e. The van der Waals surface area contributed by atoms with Gasteiger partial charge in [-0.3, -0.25) is 9.88 Å². The van der Waals surface area contributed by atoms with Crippen LogP contribution in [-0.2, 0) is 4.74 Å². The van der Waals surface area contributed by atoms with E-state index >= 15 is 0 Å². The van der Waals surface area contributed by atoms with Crippen molar-refractivity contribution in [1.29, 1.82) is 0 Å². The van der Waals surface area contributed by atoms with E-state index in [2.05, 4.69) is 43.6 Å². The number of hydrogen-bond donors (Lipinski definition) is 1. The highest BCUT2D eigenvalue weighted by molar-refractivity contribution is 9.10. The SMILES string of the molecule is COC(=O)c1cc(N)c(C2=CCN(C/C(C)=C/c3c(Br)ccnc3C)CC2)c(F)c1. The number of carbonyl (C=O) groups excluding carboxylic acids is 1. The Kier molecular flexibility index (Phi) is 7.05.